The predicted octanol–water partition coefficient (Wildman–Crippen LogP) is 3.57. The lowest BCUT2D eigenvalue weighted by molar-refractivity contribution is 0.112. The third-order valence-corrected chi connectivity index (χ3v) is 4.11. The third-order valence-electron chi connectivity index (χ3n) is 3.48. The molecule has 0 spiro atoms. The van der Waals surface area contributed by atoms with Gasteiger partial charge in [0.2, 0.25) is 0 Å². The molecule has 5 heteroatoms. The zero-order valence-electron chi connectivity index (χ0n) is 11.7. The second-order valence-corrected chi connectivity index (χ2v) is 5.63. The van der Waals surface area contributed by atoms with E-state index in [0.717, 1.165) is 27.6 Å². The quantitative estimate of drug-likeness (QED) is 0.673. The van der Waals surface area contributed by atoms with Crippen molar-refractivity contribution in [3.05, 3.63) is 69.1 Å². The molecule has 1 aromatic heterocycles. The highest BCUT2D eigenvalue weighted by atomic mass is 79.9. The van der Waals surface area contributed by atoms with E-state index in [2.05, 4.69) is 15.9 Å². The van der Waals surface area contributed by atoms with E-state index >= 15 is 0 Å². The summed E-state index contributed by atoms with van der Waals surface area (Å²) >= 11 is 3.47. The van der Waals surface area contributed by atoms with Crippen molar-refractivity contribution >= 4 is 33.0 Å². The summed E-state index contributed by atoms with van der Waals surface area (Å²) in [5, 5.41) is 1.27. The lowest BCUT2D eigenvalue weighted by Gasteiger charge is -2.10. The maximum atomic E-state index is 12.7. The first kappa shape index (κ1) is 14.5. The van der Waals surface area contributed by atoms with Crippen LogP contribution < -0.4 is 10.3 Å². The third kappa shape index (κ3) is 2.44. The van der Waals surface area contributed by atoms with E-state index in [4.69, 9.17) is 4.74 Å². The van der Waals surface area contributed by atoms with Crippen molar-refractivity contribution in [3.8, 4) is 11.4 Å². The Bertz CT molecular complexity index is 914. The Morgan fingerprint density at radius 2 is 1.82 bits per heavy atom. The highest BCUT2D eigenvalue weighted by Gasteiger charge is 2.09. The average Bonchev–Trinajstić information content (AvgIpc) is 2.57. The van der Waals surface area contributed by atoms with Gasteiger partial charge in [-0.25, -0.2) is 0 Å². The highest BCUT2D eigenvalue weighted by molar-refractivity contribution is 9.10. The topological polar surface area (TPSA) is 48.3 Å². The molecule has 0 bridgehead atoms. The number of halogens is 1. The number of hydrogen-bond donors (Lipinski definition) is 0. The van der Waals surface area contributed by atoms with Gasteiger partial charge in [0.25, 0.3) is 5.56 Å². The Morgan fingerprint density at radius 1 is 1.09 bits per heavy atom. The summed E-state index contributed by atoms with van der Waals surface area (Å²) in [7, 11) is 1.60. The highest BCUT2D eigenvalue weighted by Crippen LogP contribution is 2.24. The number of fused-ring (bicyclic) bond motifs is 1. The molecule has 4 nitrogen and oxygen atoms in total. The standard InChI is InChI=1S/C17H12BrNO3/c1-22-13-5-3-12(4-6-13)19-9-16(18)15-8-11(10-20)2-7-14(15)17(19)21/h2-10H,1H3. The van der Waals surface area contributed by atoms with Crippen molar-refractivity contribution in [3.63, 3.8) is 0 Å². The molecule has 0 amide bonds. The van der Waals surface area contributed by atoms with Crippen LogP contribution in [0.15, 0.2) is 57.9 Å². The smallest absolute Gasteiger partial charge is 0.263 e. The summed E-state index contributed by atoms with van der Waals surface area (Å²) in [6, 6.07) is 12.3. The number of ether oxygens (including phenoxy) is 1. The Labute approximate surface area is 135 Å². The van der Waals surface area contributed by atoms with Gasteiger partial charge < -0.3 is 4.74 Å². The normalized spacial score (nSPS) is 10.6. The number of carbonyl (C=O) groups excluding carboxylic acids is 1. The van der Waals surface area contributed by atoms with Crippen molar-refractivity contribution in [2.45, 2.75) is 0 Å². The molecule has 0 radical (unpaired) electrons. The summed E-state index contributed by atoms with van der Waals surface area (Å²) in [4.78, 5) is 23.5. The molecule has 0 saturated carbocycles. The van der Waals surface area contributed by atoms with Gasteiger partial charge in [0.05, 0.1) is 7.11 Å². The minimum atomic E-state index is -0.138. The summed E-state index contributed by atoms with van der Waals surface area (Å²) < 4.78 is 7.44. The number of aromatic nitrogens is 1. The van der Waals surface area contributed by atoms with E-state index in [9.17, 15) is 9.59 Å². The van der Waals surface area contributed by atoms with Crippen LogP contribution in [-0.4, -0.2) is 18.0 Å². The Balaban J connectivity index is 2.24. The van der Waals surface area contributed by atoms with Crippen LogP contribution in [0.5, 0.6) is 5.75 Å². The number of benzene rings is 2. The van der Waals surface area contributed by atoms with E-state index in [-0.39, 0.29) is 5.56 Å². The minimum absolute atomic E-state index is 0.138. The molecular formula is C17H12BrNO3. The average molecular weight is 358 g/mol. The van der Waals surface area contributed by atoms with Crippen molar-refractivity contribution in [1.82, 2.24) is 4.57 Å². The van der Waals surface area contributed by atoms with Crippen molar-refractivity contribution < 1.29 is 9.53 Å². The van der Waals surface area contributed by atoms with Gasteiger partial charge in [0.15, 0.2) is 0 Å². The van der Waals surface area contributed by atoms with E-state index in [0.29, 0.717) is 10.9 Å². The molecule has 0 unspecified atom stereocenters. The fraction of sp³-hybridized carbons (Fsp3) is 0.0588. The monoisotopic (exact) mass is 357 g/mol. The summed E-state index contributed by atoms with van der Waals surface area (Å²) in [5.41, 5.74) is 1.14. The van der Waals surface area contributed by atoms with Gasteiger partial charge in [-0.2, -0.15) is 0 Å². The molecule has 0 fully saturated rings. The first-order chi connectivity index (χ1) is 10.6. The molecule has 0 aliphatic heterocycles. The minimum Gasteiger partial charge on any atom is -0.497 e. The number of aldehydes is 1. The van der Waals surface area contributed by atoms with E-state index < -0.39 is 0 Å². The Hall–Kier alpha value is -2.40. The summed E-state index contributed by atoms with van der Waals surface area (Å²) in [6.45, 7) is 0. The van der Waals surface area contributed by atoms with Crippen LogP contribution in [0.1, 0.15) is 10.4 Å². The second-order valence-electron chi connectivity index (χ2n) is 4.77. The zero-order chi connectivity index (χ0) is 15.7. The Kier molecular flexibility index (Phi) is 3.81. The van der Waals surface area contributed by atoms with Gasteiger partial charge in [-0.1, -0.05) is 6.07 Å². The number of pyridine rings is 1. The van der Waals surface area contributed by atoms with E-state index in [1.54, 1.807) is 48.2 Å². The molecular weight excluding hydrogens is 346 g/mol. The molecule has 22 heavy (non-hydrogen) atoms. The van der Waals surface area contributed by atoms with E-state index in [1.807, 2.05) is 12.1 Å². The number of rotatable bonds is 3. The predicted molar refractivity (Wildman–Crippen MR) is 89.2 cm³/mol. The number of hydrogen-bond acceptors (Lipinski definition) is 3. The molecule has 2 aromatic carbocycles. The first-order valence-electron chi connectivity index (χ1n) is 6.58. The first-order valence-corrected chi connectivity index (χ1v) is 7.38. The van der Waals surface area contributed by atoms with Crippen molar-refractivity contribution in [2.75, 3.05) is 7.11 Å². The molecule has 110 valence electrons. The van der Waals surface area contributed by atoms with Crippen LogP contribution >= 0.6 is 15.9 Å². The van der Waals surface area contributed by atoms with Crippen molar-refractivity contribution in [2.24, 2.45) is 0 Å². The van der Waals surface area contributed by atoms with Gasteiger partial charge >= 0.3 is 0 Å². The molecule has 0 saturated heterocycles. The maximum Gasteiger partial charge on any atom is 0.263 e. The molecule has 0 N–H and O–H groups in total. The summed E-state index contributed by atoms with van der Waals surface area (Å²) in [5.74, 6) is 0.729. The molecule has 3 rings (SSSR count). The van der Waals surface area contributed by atoms with Crippen LogP contribution in [0.2, 0.25) is 0 Å². The van der Waals surface area contributed by atoms with Crippen LogP contribution in [0, 0.1) is 0 Å². The fourth-order valence-corrected chi connectivity index (χ4v) is 2.86. The molecule has 1 heterocycles. The summed E-state index contributed by atoms with van der Waals surface area (Å²) in [6.07, 6.45) is 2.47. The lowest BCUT2D eigenvalue weighted by atomic mass is 10.1. The van der Waals surface area contributed by atoms with Crippen LogP contribution in [0.3, 0.4) is 0 Å². The lowest BCUT2D eigenvalue weighted by Crippen LogP contribution is -2.18. The van der Waals surface area contributed by atoms with Gasteiger partial charge in [0, 0.05) is 32.7 Å². The molecule has 0 aliphatic rings. The Morgan fingerprint density at radius 3 is 2.45 bits per heavy atom. The molecule has 0 atom stereocenters. The second kappa shape index (κ2) is 5.77. The SMILES string of the molecule is COc1ccc(-n2cc(Br)c3cc(C=O)ccc3c2=O)cc1. The van der Waals surface area contributed by atoms with Crippen LogP contribution in [0.25, 0.3) is 16.5 Å². The maximum absolute atomic E-state index is 12.7. The molecule has 3 aromatic rings. The largest absolute Gasteiger partial charge is 0.497 e. The fourth-order valence-electron chi connectivity index (χ4n) is 2.33. The van der Waals surface area contributed by atoms with Crippen LogP contribution in [0.4, 0.5) is 0 Å². The van der Waals surface area contributed by atoms with Gasteiger partial charge in [-0.05, 0) is 52.3 Å². The number of methoxy groups -OCH3 is 1. The van der Waals surface area contributed by atoms with Crippen molar-refractivity contribution in [1.29, 1.82) is 0 Å². The van der Waals surface area contributed by atoms with Gasteiger partial charge in [-0.3, -0.25) is 14.2 Å². The van der Waals surface area contributed by atoms with Crippen LogP contribution in [-0.2, 0) is 0 Å². The number of nitrogens with zero attached hydrogens (tertiary/aromatic N) is 1. The van der Waals surface area contributed by atoms with Gasteiger partial charge in [0.1, 0.15) is 12.0 Å². The molecule has 0 aliphatic carbocycles. The number of carbonyl (C=O) groups is 1. The zero-order valence-corrected chi connectivity index (χ0v) is 13.3. The van der Waals surface area contributed by atoms with E-state index in [1.165, 1.54) is 0 Å². The van der Waals surface area contributed by atoms with Gasteiger partial charge in [-0.15, -0.1) is 0 Å².